The highest BCUT2D eigenvalue weighted by molar-refractivity contribution is 6.22. The molecule has 0 heterocycles. The van der Waals surface area contributed by atoms with Crippen LogP contribution >= 0.6 is 0 Å². The molecule has 0 saturated carbocycles. The van der Waals surface area contributed by atoms with Crippen molar-refractivity contribution in [1.82, 2.24) is 0 Å². The van der Waals surface area contributed by atoms with Gasteiger partial charge < -0.3 is 0 Å². The Hall–Kier alpha value is -7.02. The molecule has 0 nitrogen and oxygen atoms in total. The maximum atomic E-state index is 2.45. The van der Waals surface area contributed by atoms with Gasteiger partial charge in [0.25, 0.3) is 0 Å². The van der Waals surface area contributed by atoms with Crippen molar-refractivity contribution in [1.29, 1.82) is 0 Å². The smallest absolute Gasteiger partial charge is 0.0165 e. The van der Waals surface area contributed by atoms with E-state index in [4.69, 9.17) is 0 Å². The first-order chi connectivity index (χ1) is 28.0. The fourth-order valence-corrected chi connectivity index (χ4v) is 10.3. The lowest BCUT2D eigenvalue weighted by molar-refractivity contribution is 0.667. The predicted octanol–water partition coefficient (Wildman–Crippen LogP) is 15.9. The average Bonchev–Trinajstić information content (AvgIpc) is 3.49. The van der Waals surface area contributed by atoms with Crippen molar-refractivity contribution >= 4 is 64.6 Å². The van der Waals surface area contributed by atoms with Gasteiger partial charge in [-0.25, -0.2) is 0 Å². The summed E-state index contributed by atoms with van der Waals surface area (Å²) in [7, 11) is 0. The summed E-state index contributed by atoms with van der Waals surface area (Å²) in [6.07, 6.45) is 0. The van der Waals surface area contributed by atoms with Crippen LogP contribution in [0.25, 0.3) is 109 Å². The fraction of sp³-hybridized carbons (Fsp3) is 0.0526. The Morgan fingerprint density at radius 2 is 0.754 bits per heavy atom. The molecule has 1 aliphatic rings. The van der Waals surface area contributed by atoms with Gasteiger partial charge in [-0.1, -0.05) is 178 Å². The Morgan fingerprint density at radius 3 is 1.40 bits per heavy atom. The molecular weight excluding hydrogens is 685 g/mol. The molecule has 57 heavy (non-hydrogen) atoms. The molecule has 11 aromatic rings. The number of fused-ring (bicyclic) bond motifs is 12. The number of hydrogen-bond acceptors (Lipinski definition) is 0. The molecule has 0 aromatic heterocycles. The first-order valence-corrected chi connectivity index (χ1v) is 20.1. The molecule has 0 bridgehead atoms. The molecule has 0 amide bonds. The highest BCUT2D eigenvalue weighted by Crippen LogP contribution is 2.56. The van der Waals surface area contributed by atoms with Gasteiger partial charge in [0, 0.05) is 5.41 Å². The van der Waals surface area contributed by atoms with E-state index in [1.165, 1.54) is 120 Å². The largest absolute Gasteiger partial charge is 0.0616 e. The van der Waals surface area contributed by atoms with Crippen molar-refractivity contribution < 1.29 is 0 Å². The number of rotatable bonds is 3. The van der Waals surface area contributed by atoms with E-state index >= 15 is 0 Å². The normalized spacial score (nSPS) is 13.2. The Kier molecular flexibility index (Phi) is 6.78. The van der Waals surface area contributed by atoms with Crippen LogP contribution in [0.15, 0.2) is 194 Å². The van der Waals surface area contributed by atoms with Crippen LogP contribution < -0.4 is 0 Å². The Labute approximate surface area is 332 Å². The second-order valence-electron chi connectivity index (χ2n) is 16.4. The van der Waals surface area contributed by atoms with Gasteiger partial charge >= 0.3 is 0 Å². The zero-order chi connectivity index (χ0) is 37.8. The Balaban J connectivity index is 1.06. The molecule has 0 radical (unpaired) electrons. The summed E-state index contributed by atoms with van der Waals surface area (Å²) in [5.41, 5.74) is 13.0. The van der Waals surface area contributed by atoms with E-state index in [9.17, 15) is 0 Å². The molecule has 0 aliphatic heterocycles. The standard InChI is InChI=1S/C57H38/c1-57(2)52-34-39-17-6-5-16-38(39)33-51(52)55-44-21-8-7-20-43(44)50-32-40(28-29-49(50)56(55)57)37-18-13-19-41(31-37)53-45-22-9-11-24-47(45)54(48-25-12-10-23-46(48)53)42-27-26-35-14-3-4-15-36(35)30-42/h3-34H,1-2H3. The third kappa shape index (κ3) is 4.68. The van der Waals surface area contributed by atoms with Gasteiger partial charge in [0.1, 0.15) is 0 Å². The van der Waals surface area contributed by atoms with Crippen LogP contribution in [0.5, 0.6) is 0 Å². The molecule has 0 atom stereocenters. The first kappa shape index (κ1) is 32.2. The molecule has 0 saturated heterocycles. The third-order valence-electron chi connectivity index (χ3n) is 12.9. The van der Waals surface area contributed by atoms with Gasteiger partial charge in [-0.15, -0.1) is 0 Å². The Morgan fingerprint density at radius 1 is 0.281 bits per heavy atom. The van der Waals surface area contributed by atoms with E-state index < -0.39 is 0 Å². The number of hydrogen-bond donors (Lipinski definition) is 0. The van der Waals surface area contributed by atoms with Crippen LogP contribution in [0.3, 0.4) is 0 Å². The van der Waals surface area contributed by atoms with Gasteiger partial charge in [-0.2, -0.15) is 0 Å². The van der Waals surface area contributed by atoms with E-state index in [1.54, 1.807) is 0 Å². The maximum absolute atomic E-state index is 2.45. The SMILES string of the molecule is CC1(C)c2cc3ccccc3cc2-c2c1c1ccc(-c3cccc(-c4c5ccccc5c(-c5ccc6ccccc6c5)c5ccccc45)c3)cc1c1ccccc21. The summed E-state index contributed by atoms with van der Waals surface area (Å²) < 4.78 is 0. The minimum Gasteiger partial charge on any atom is -0.0616 e. The van der Waals surface area contributed by atoms with Crippen LogP contribution in [-0.4, -0.2) is 0 Å². The van der Waals surface area contributed by atoms with E-state index in [2.05, 4.69) is 208 Å². The molecule has 0 spiro atoms. The zero-order valence-corrected chi connectivity index (χ0v) is 32.0. The lowest BCUT2D eigenvalue weighted by Gasteiger charge is -2.24. The molecule has 0 heteroatoms. The van der Waals surface area contributed by atoms with E-state index in [0.717, 1.165) is 0 Å². The summed E-state index contributed by atoms with van der Waals surface area (Å²) in [6, 6.07) is 72.6. The third-order valence-corrected chi connectivity index (χ3v) is 12.9. The van der Waals surface area contributed by atoms with Crippen LogP contribution in [0.4, 0.5) is 0 Å². The lowest BCUT2D eigenvalue weighted by atomic mass is 9.78. The molecule has 0 N–H and O–H groups in total. The average molecular weight is 723 g/mol. The number of benzene rings is 11. The topological polar surface area (TPSA) is 0 Å². The monoisotopic (exact) mass is 722 g/mol. The minimum absolute atomic E-state index is 0.139. The Bertz CT molecular complexity index is 3430. The molecule has 12 rings (SSSR count). The molecule has 11 aromatic carbocycles. The van der Waals surface area contributed by atoms with Crippen LogP contribution in [0.2, 0.25) is 0 Å². The quantitative estimate of drug-likeness (QED) is 0.126. The van der Waals surface area contributed by atoms with Crippen LogP contribution in [0, 0.1) is 0 Å². The van der Waals surface area contributed by atoms with E-state index in [-0.39, 0.29) is 5.41 Å². The van der Waals surface area contributed by atoms with Gasteiger partial charge in [0.15, 0.2) is 0 Å². The van der Waals surface area contributed by atoms with Gasteiger partial charge in [0.2, 0.25) is 0 Å². The van der Waals surface area contributed by atoms with Gasteiger partial charge in [-0.05, 0) is 151 Å². The lowest BCUT2D eigenvalue weighted by Crippen LogP contribution is -2.15. The van der Waals surface area contributed by atoms with Crippen molar-refractivity contribution in [3.63, 3.8) is 0 Å². The highest BCUT2D eigenvalue weighted by Gasteiger charge is 2.38. The molecule has 0 unspecified atom stereocenters. The highest BCUT2D eigenvalue weighted by atomic mass is 14.4. The summed E-state index contributed by atoms with van der Waals surface area (Å²) >= 11 is 0. The minimum atomic E-state index is -0.139. The molecular formula is C57H38. The van der Waals surface area contributed by atoms with Crippen molar-refractivity contribution in [2.45, 2.75) is 19.3 Å². The molecule has 1 aliphatic carbocycles. The first-order valence-electron chi connectivity index (χ1n) is 20.1. The van der Waals surface area contributed by atoms with Crippen molar-refractivity contribution in [2.75, 3.05) is 0 Å². The van der Waals surface area contributed by atoms with Crippen molar-refractivity contribution in [2.24, 2.45) is 0 Å². The summed E-state index contributed by atoms with van der Waals surface area (Å²) in [4.78, 5) is 0. The maximum Gasteiger partial charge on any atom is 0.0165 e. The predicted molar refractivity (Wildman–Crippen MR) is 245 cm³/mol. The van der Waals surface area contributed by atoms with E-state index in [1.807, 2.05) is 0 Å². The molecule has 266 valence electrons. The van der Waals surface area contributed by atoms with E-state index in [0.29, 0.717) is 0 Å². The second-order valence-corrected chi connectivity index (χ2v) is 16.4. The summed E-state index contributed by atoms with van der Waals surface area (Å²) in [6.45, 7) is 4.83. The van der Waals surface area contributed by atoms with Crippen LogP contribution in [0.1, 0.15) is 25.0 Å². The summed E-state index contributed by atoms with van der Waals surface area (Å²) in [5.74, 6) is 0. The van der Waals surface area contributed by atoms with Crippen molar-refractivity contribution in [3.05, 3.63) is 205 Å². The van der Waals surface area contributed by atoms with Gasteiger partial charge in [-0.3, -0.25) is 0 Å². The molecule has 0 fully saturated rings. The fourth-order valence-electron chi connectivity index (χ4n) is 10.3. The van der Waals surface area contributed by atoms with Crippen LogP contribution in [-0.2, 0) is 5.41 Å². The van der Waals surface area contributed by atoms with Crippen molar-refractivity contribution in [3.8, 4) is 44.5 Å². The second kappa shape index (κ2) is 12.0. The zero-order valence-electron chi connectivity index (χ0n) is 32.0. The van der Waals surface area contributed by atoms with Gasteiger partial charge in [0.05, 0.1) is 0 Å². The summed E-state index contributed by atoms with van der Waals surface area (Å²) in [5, 5.41) is 15.5.